The molecule has 2 rings (SSSR count). The molecule has 0 spiro atoms. The first-order valence-corrected chi connectivity index (χ1v) is 5.44. The van der Waals surface area contributed by atoms with Gasteiger partial charge >= 0.3 is 5.97 Å². The molecule has 1 aromatic heterocycles. The Morgan fingerprint density at radius 3 is 3.00 bits per heavy atom. The minimum absolute atomic E-state index is 0.293. The van der Waals surface area contributed by atoms with Gasteiger partial charge in [-0.3, -0.25) is 4.98 Å². The van der Waals surface area contributed by atoms with Crippen molar-refractivity contribution in [2.75, 3.05) is 7.11 Å². The first kappa shape index (κ1) is 11.1. The summed E-state index contributed by atoms with van der Waals surface area (Å²) in [6.45, 7) is 5.08. The molecule has 0 saturated carbocycles. The molecular formula is C12H16N2O2. The van der Waals surface area contributed by atoms with Crippen molar-refractivity contribution in [2.24, 2.45) is 5.92 Å². The van der Waals surface area contributed by atoms with Gasteiger partial charge in [0.25, 0.3) is 0 Å². The second kappa shape index (κ2) is 4.22. The molecule has 1 aromatic rings. The minimum atomic E-state index is -0.330. The molecule has 0 radical (unpaired) electrons. The van der Waals surface area contributed by atoms with E-state index in [4.69, 9.17) is 0 Å². The number of esters is 1. The van der Waals surface area contributed by atoms with Gasteiger partial charge in [-0.2, -0.15) is 0 Å². The average molecular weight is 220 g/mol. The molecule has 16 heavy (non-hydrogen) atoms. The summed E-state index contributed by atoms with van der Waals surface area (Å²) in [6, 6.07) is 2.16. The maximum absolute atomic E-state index is 11.3. The number of pyridine rings is 1. The Hall–Kier alpha value is -1.42. The monoisotopic (exact) mass is 220 g/mol. The van der Waals surface area contributed by atoms with Crippen molar-refractivity contribution < 1.29 is 9.53 Å². The summed E-state index contributed by atoms with van der Waals surface area (Å²) in [4.78, 5) is 15.7. The maximum Gasteiger partial charge on any atom is 0.339 e. The Morgan fingerprint density at radius 2 is 2.38 bits per heavy atom. The number of ether oxygens (including phenoxy) is 1. The lowest BCUT2D eigenvalue weighted by molar-refractivity contribution is 0.0600. The van der Waals surface area contributed by atoms with Crippen molar-refractivity contribution in [1.82, 2.24) is 10.3 Å². The van der Waals surface area contributed by atoms with Crippen LogP contribution in [0.4, 0.5) is 0 Å². The van der Waals surface area contributed by atoms with Crippen molar-refractivity contribution >= 4 is 5.97 Å². The summed E-state index contributed by atoms with van der Waals surface area (Å²) in [5.41, 5.74) is 2.68. The summed E-state index contributed by atoms with van der Waals surface area (Å²) in [7, 11) is 1.38. The van der Waals surface area contributed by atoms with E-state index in [1.807, 2.05) is 6.07 Å². The number of methoxy groups -OCH3 is 1. The van der Waals surface area contributed by atoms with E-state index in [9.17, 15) is 4.79 Å². The first-order valence-electron chi connectivity index (χ1n) is 5.44. The molecule has 0 aromatic carbocycles. The van der Waals surface area contributed by atoms with E-state index in [0.717, 1.165) is 17.8 Å². The third-order valence-electron chi connectivity index (χ3n) is 2.90. The van der Waals surface area contributed by atoms with Gasteiger partial charge in [0.05, 0.1) is 24.4 Å². The third-order valence-corrected chi connectivity index (χ3v) is 2.90. The molecule has 1 aliphatic heterocycles. The molecule has 0 aliphatic carbocycles. The van der Waals surface area contributed by atoms with Gasteiger partial charge in [-0.15, -0.1) is 0 Å². The normalized spacial score (nSPS) is 18.6. The van der Waals surface area contributed by atoms with Gasteiger partial charge < -0.3 is 10.1 Å². The van der Waals surface area contributed by atoms with Crippen LogP contribution in [-0.2, 0) is 11.3 Å². The summed E-state index contributed by atoms with van der Waals surface area (Å²) in [6.07, 6.45) is 1.59. The standard InChI is InChI=1S/C12H16N2O2/c1-7(2)10-11-8(5-13-10)4-9(6-14-11)12(15)16-3/h4,6-7,10,13H,5H2,1-3H3. The Kier molecular flexibility index (Phi) is 2.92. The number of aromatic nitrogens is 1. The Morgan fingerprint density at radius 1 is 1.62 bits per heavy atom. The number of carbonyl (C=O) groups is 1. The number of rotatable bonds is 2. The van der Waals surface area contributed by atoms with Crippen LogP contribution in [0.3, 0.4) is 0 Å². The van der Waals surface area contributed by atoms with Gasteiger partial charge in [0.2, 0.25) is 0 Å². The molecule has 0 amide bonds. The van der Waals surface area contributed by atoms with Crippen LogP contribution in [0.5, 0.6) is 0 Å². The molecule has 1 atom stereocenters. The van der Waals surface area contributed by atoms with Crippen LogP contribution in [0, 0.1) is 5.92 Å². The van der Waals surface area contributed by atoms with E-state index >= 15 is 0 Å². The van der Waals surface area contributed by atoms with Crippen molar-refractivity contribution in [1.29, 1.82) is 0 Å². The predicted molar refractivity (Wildman–Crippen MR) is 60.0 cm³/mol. The number of nitrogens with one attached hydrogen (secondary N) is 1. The van der Waals surface area contributed by atoms with Crippen LogP contribution in [-0.4, -0.2) is 18.1 Å². The second-order valence-electron chi connectivity index (χ2n) is 4.36. The van der Waals surface area contributed by atoms with E-state index in [0.29, 0.717) is 17.5 Å². The molecule has 4 nitrogen and oxygen atoms in total. The molecule has 4 heteroatoms. The number of nitrogens with zero attached hydrogens (tertiary/aromatic N) is 1. The number of carbonyl (C=O) groups excluding carboxylic acids is 1. The topological polar surface area (TPSA) is 51.2 Å². The van der Waals surface area contributed by atoms with Crippen LogP contribution in [0.2, 0.25) is 0 Å². The molecule has 1 unspecified atom stereocenters. The lowest BCUT2D eigenvalue weighted by Gasteiger charge is -2.14. The highest BCUT2D eigenvalue weighted by molar-refractivity contribution is 5.89. The Bertz CT molecular complexity index is 415. The SMILES string of the molecule is COC(=O)c1cnc2c(c1)CNC2C(C)C. The highest BCUT2D eigenvalue weighted by Crippen LogP contribution is 2.29. The van der Waals surface area contributed by atoms with E-state index in [1.165, 1.54) is 7.11 Å². The Balaban J connectivity index is 2.33. The molecule has 1 N–H and O–H groups in total. The molecule has 0 fully saturated rings. The highest BCUT2D eigenvalue weighted by Gasteiger charge is 2.26. The Labute approximate surface area is 95.0 Å². The van der Waals surface area contributed by atoms with Gasteiger partial charge in [0.1, 0.15) is 0 Å². The first-order chi connectivity index (χ1) is 7.63. The van der Waals surface area contributed by atoms with Gasteiger partial charge in [-0.25, -0.2) is 4.79 Å². The summed E-state index contributed by atoms with van der Waals surface area (Å²) < 4.78 is 4.67. The van der Waals surface area contributed by atoms with Crippen LogP contribution >= 0.6 is 0 Å². The van der Waals surface area contributed by atoms with Crippen LogP contribution in [0.25, 0.3) is 0 Å². The molecule has 0 saturated heterocycles. The van der Waals surface area contributed by atoms with Crippen molar-refractivity contribution in [3.8, 4) is 0 Å². The van der Waals surface area contributed by atoms with E-state index in [-0.39, 0.29) is 5.97 Å². The number of hydrogen-bond donors (Lipinski definition) is 1. The fraction of sp³-hybridized carbons (Fsp3) is 0.500. The van der Waals surface area contributed by atoms with E-state index in [1.54, 1.807) is 6.20 Å². The van der Waals surface area contributed by atoms with Crippen molar-refractivity contribution in [3.05, 3.63) is 29.1 Å². The zero-order chi connectivity index (χ0) is 11.7. The van der Waals surface area contributed by atoms with E-state index in [2.05, 4.69) is 28.9 Å². The van der Waals surface area contributed by atoms with E-state index < -0.39 is 0 Å². The summed E-state index contributed by atoms with van der Waals surface area (Å²) in [5.74, 6) is 0.168. The molecule has 0 bridgehead atoms. The molecule has 1 aliphatic rings. The number of hydrogen-bond acceptors (Lipinski definition) is 4. The fourth-order valence-electron chi connectivity index (χ4n) is 2.04. The van der Waals surface area contributed by atoms with Crippen LogP contribution in [0.1, 0.15) is 41.5 Å². The van der Waals surface area contributed by atoms with Gasteiger partial charge in [0, 0.05) is 12.7 Å². The number of fused-ring (bicyclic) bond motifs is 1. The van der Waals surface area contributed by atoms with Gasteiger partial charge in [0.15, 0.2) is 0 Å². The quantitative estimate of drug-likeness (QED) is 0.770. The van der Waals surface area contributed by atoms with Gasteiger partial charge in [-0.05, 0) is 17.5 Å². The zero-order valence-electron chi connectivity index (χ0n) is 9.78. The highest BCUT2D eigenvalue weighted by atomic mass is 16.5. The molecule has 2 heterocycles. The largest absolute Gasteiger partial charge is 0.465 e. The van der Waals surface area contributed by atoms with Crippen LogP contribution < -0.4 is 5.32 Å². The molecule has 86 valence electrons. The third kappa shape index (κ3) is 1.80. The van der Waals surface area contributed by atoms with Crippen molar-refractivity contribution in [2.45, 2.75) is 26.4 Å². The smallest absolute Gasteiger partial charge is 0.339 e. The van der Waals surface area contributed by atoms with Crippen LogP contribution in [0.15, 0.2) is 12.3 Å². The zero-order valence-corrected chi connectivity index (χ0v) is 9.78. The average Bonchev–Trinajstić information content (AvgIpc) is 2.70. The predicted octanol–water partition coefficient (Wildman–Crippen LogP) is 1.67. The summed E-state index contributed by atoms with van der Waals surface area (Å²) >= 11 is 0. The van der Waals surface area contributed by atoms with Gasteiger partial charge in [-0.1, -0.05) is 13.8 Å². The molecular weight excluding hydrogens is 204 g/mol. The van der Waals surface area contributed by atoms with Crippen molar-refractivity contribution in [3.63, 3.8) is 0 Å². The summed E-state index contributed by atoms with van der Waals surface area (Å²) in [5, 5.41) is 3.39. The lowest BCUT2D eigenvalue weighted by Crippen LogP contribution is -2.18. The maximum atomic E-state index is 11.3. The minimum Gasteiger partial charge on any atom is -0.465 e. The fourth-order valence-corrected chi connectivity index (χ4v) is 2.04. The lowest BCUT2D eigenvalue weighted by atomic mass is 10.0. The second-order valence-corrected chi connectivity index (χ2v) is 4.36.